The number of hydrogen-bond donors (Lipinski definition) is 2. The largest absolute Gasteiger partial charge is 0.490 e. The van der Waals surface area contributed by atoms with E-state index >= 15 is 0 Å². The quantitative estimate of drug-likeness (QED) is 0.369. The zero-order chi connectivity index (χ0) is 30.2. The van der Waals surface area contributed by atoms with Crippen molar-refractivity contribution in [3.05, 3.63) is 52.8 Å². The standard InChI is InChI=1S/C29H31F3N6O4S/c30-29(31,32)23-21(24(39)36-28(25(40)41)9-2-1-3-10-28)17-34-26(35-23)38-14-6-18-16-20(4-5-22(18)38)42-19-7-12-37(13-8-19)27-33-11-15-43-27/h4-5,11,15-17,19H,1-3,6-10,12-14H2,(H,36,39)(H,40,41). The van der Waals surface area contributed by atoms with Crippen LogP contribution in [0.2, 0.25) is 0 Å². The van der Waals surface area contributed by atoms with Gasteiger partial charge in [-0.2, -0.15) is 13.2 Å². The fourth-order valence-corrected chi connectivity index (χ4v) is 6.80. The predicted molar refractivity (Wildman–Crippen MR) is 153 cm³/mol. The van der Waals surface area contributed by atoms with Gasteiger partial charge in [0.15, 0.2) is 10.8 Å². The zero-order valence-electron chi connectivity index (χ0n) is 23.3. The highest BCUT2D eigenvalue weighted by Crippen LogP contribution is 2.38. The zero-order valence-corrected chi connectivity index (χ0v) is 24.1. The Kier molecular flexibility index (Phi) is 7.88. The third kappa shape index (κ3) is 5.97. The van der Waals surface area contributed by atoms with E-state index in [4.69, 9.17) is 4.74 Å². The number of alkyl halides is 3. The molecule has 43 heavy (non-hydrogen) atoms. The number of thiazole rings is 1. The first-order chi connectivity index (χ1) is 20.6. The van der Waals surface area contributed by atoms with E-state index in [2.05, 4.69) is 25.2 Å². The molecule has 1 aliphatic carbocycles. The molecule has 2 N–H and O–H groups in total. The number of carboxylic acid groups (broad SMARTS) is 1. The van der Waals surface area contributed by atoms with Crippen LogP contribution in [0.5, 0.6) is 5.75 Å². The lowest BCUT2D eigenvalue weighted by molar-refractivity contribution is -0.145. The molecule has 14 heteroatoms. The number of nitrogens with one attached hydrogen (secondary N) is 1. The second kappa shape index (κ2) is 11.6. The van der Waals surface area contributed by atoms with Gasteiger partial charge >= 0.3 is 12.1 Å². The molecule has 228 valence electrons. The van der Waals surface area contributed by atoms with Crippen LogP contribution in [0.25, 0.3) is 0 Å². The molecule has 3 aromatic rings. The van der Waals surface area contributed by atoms with E-state index < -0.39 is 34.8 Å². The van der Waals surface area contributed by atoms with E-state index in [1.54, 1.807) is 34.6 Å². The Bertz CT molecular complexity index is 1490. The first-order valence-corrected chi connectivity index (χ1v) is 15.2. The second-order valence-electron chi connectivity index (χ2n) is 11.1. The summed E-state index contributed by atoms with van der Waals surface area (Å²) in [5, 5.41) is 15.1. The lowest BCUT2D eigenvalue weighted by atomic mass is 9.81. The van der Waals surface area contributed by atoms with Gasteiger partial charge in [0.05, 0.1) is 5.56 Å². The van der Waals surface area contributed by atoms with Crippen molar-refractivity contribution in [1.82, 2.24) is 20.3 Å². The summed E-state index contributed by atoms with van der Waals surface area (Å²) in [4.78, 5) is 41.1. The van der Waals surface area contributed by atoms with Crippen molar-refractivity contribution in [3.8, 4) is 5.75 Å². The average Bonchev–Trinajstić information content (AvgIpc) is 3.68. The van der Waals surface area contributed by atoms with Crippen molar-refractivity contribution in [3.63, 3.8) is 0 Å². The van der Waals surface area contributed by atoms with Crippen LogP contribution in [0.4, 0.5) is 29.9 Å². The minimum absolute atomic E-state index is 0.0528. The summed E-state index contributed by atoms with van der Waals surface area (Å²) < 4.78 is 48.7. The molecule has 2 aromatic heterocycles. The maximum absolute atomic E-state index is 14.2. The van der Waals surface area contributed by atoms with Crippen molar-refractivity contribution in [2.24, 2.45) is 0 Å². The van der Waals surface area contributed by atoms with E-state index in [0.717, 1.165) is 49.2 Å². The van der Waals surface area contributed by atoms with Gasteiger partial charge in [0.2, 0.25) is 5.95 Å². The first kappa shape index (κ1) is 29.1. The third-order valence-corrected chi connectivity index (χ3v) is 9.21. The monoisotopic (exact) mass is 616 g/mol. The van der Waals surface area contributed by atoms with Gasteiger partial charge in [0, 0.05) is 55.9 Å². The smallest absolute Gasteiger partial charge is 0.434 e. The number of nitrogens with zero attached hydrogens (tertiary/aromatic N) is 5. The summed E-state index contributed by atoms with van der Waals surface area (Å²) >= 11 is 1.61. The van der Waals surface area contributed by atoms with E-state index in [9.17, 15) is 27.9 Å². The number of carbonyl (C=O) groups is 2. The van der Waals surface area contributed by atoms with E-state index in [-0.39, 0.29) is 24.9 Å². The van der Waals surface area contributed by atoms with Crippen LogP contribution < -0.4 is 19.9 Å². The number of amides is 1. The molecule has 1 saturated heterocycles. The Morgan fingerprint density at radius 1 is 1.09 bits per heavy atom. The molecule has 2 fully saturated rings. The van der Waals surface area contributed by atoms with Gasteiger partial charge in [-0.3, -0.25) is 4.79 Å². The first-order valence-electron chi connectivity index (χ1n) is 14.3. The minimum Gasteiger partial charge on any atom is -0.490 e. The van der Waals surface area contributed by atoms with Crippen LogP contribution in [0.3, 0.4) is 0 Å². The fraction of sp³-hybridized carbons (Fsp3) is 0.483. The molecular formula is C29H31F3N6O4S. The van der Waals surface area contributed by atoms with E-state index in [1.807, 2.05) is 11.4 Å². The fourth-order valence-electron chi connectivity index (χ4n) is 6.11. The number of benzene rings is 1. The summed E-state index contributed by atoms with van der Waals surface area (Å²) in [6.07, 6.45) is 2.21. The van der Waals surface area contributed by atoms with Crippen LogP contribution >= 0.6 is 11.3 Å². The Hall–Kier alpha value is -3.94. The molecular weight excluding hydrogens is 585 g/mol. The second-order valence-corrected chi connectivity index (χ2v) is 12.0. The summed E-state index contributed by atoms with van der Waals surface area (Å²) in [6.45, 7) is 2.05. The molecule has 6 rings (SSSR count). The highest BCUT2D eigenvalue weighted by molar-refractivity contribution is 7.13. The number of aliphatic carboxylic acids is 1. The predicted octanol–water partition coefficient (Wildman–Crippen LogP) is 5.21. The Morgan fingerprint density at radius 3 is 2.53 bits per heavy atom. The van der Waals surface area contributed by atoms with Crippen molar-refractivity contribution < 1.29 is 32.6 Å². The Balaban J connectivity index is 1.17. The highest BCUT2D eigenvalue weighted by atomic mass is 32.1. The number of piperidine rings is 1. The summed E-state index contributed by atoms with van der Waals surface area (Å²) in [7, 11) is 0. The molecule has 0 unspecified atom stereocenters. The van der Waals surface area contributed by atoms with Crippen LogP contribution in [-0.2, 0) is 17.4 Å². The number of carbonyl (C=O) groups excluding carboxylic acids is 1. The van der Waals surface area contributed by atoms with Gasteiger partial charge in [-0.05, 0) is 43.0 Å². The molecule has 0 bridgehead atoms. The van der Waals surface area contributed by atoms with Gasteiger partial charge < -0.3 is 25.0 Å². The summed E-state index contributed by atoms with van der Waals surface area (Å²) in [5.41, 5.74) is -2.24. The van der Waals surface area contributed by atoms with Gasteiger partial charge in [-0.15, -0.1) is 11.3 Å². The molecule has 0 atom stereocenters. The number of halogens is 3. The third-order valence-electron chi connectivity index (χ3n) is 8.38. The maximum atomic E-state index is 14.2. The number of aromatic nitrogens is 3. The summed E-state index contributed by atoms with van der Waals surface area (Å²) in [5.74, 6) is -1.89. The van der Waals surface area contributed by atoms with E-state index in [1.165, 1.54) is 0 Å². The Labute approximate surface area is 249 Å². The molecule has 0 radical (unpaired) electrons. The molecule has 0 spiro atoms. The molecule has 1 saturated carbocycles. The van der Waals surface area contributed by atoms with Crippen molar-refractivity contribution in [1.29, 1.82) is 0 Å². The molecule has 1 amide bonds. The highest BCUT2D eigenvalue weighted by Gasteiger charge is 2.44. The maximum Gasteiger partial charge on any atom is 0.434 e. The van der Waals surface area contributed by atoms with Gasteiger partial charge in [0.25, 0.3) is 5.91 Å². The topological polar surface area (TPSA) is 121 Å². The lowest BCUT2D eigenvalue weighted by Gasteiger charge is -2.34. The van der Waals surface area contributed by atoms with Gasteiger partial charge in [-0.1, -0.05) is 19.3 Å². The van der Waals surface area contributed by atoms with Crippen LogP contribution in [0.1, 0.15) is 66.6 Å². The number of anilines is 3. The normalized spacial score (nSPS) is 18.8. The summed E-state index contributed by atoms with van der Waals surface area (Å²) in [6, 6.07) is 5.50. The van der Waals surface area contributed by atoms with E-state index in [0.29, 0.717) is 37.2 Å². The van der Waals surface area contributed by atoms with Crippen LogP contribution in [0.15, 0.2) is 36.0 Å². The Morgan fingerprint density at radius 2 is 1.86 bits per heavy atom. The van der Waals surface area contributed by atoms with Gasteiger partial charge in [-0.25, -0.2) is 19.7 Å². The molecule has 2 aliphatic heterocycles. The number of fused-ring (bicyclic) bond motifs is 1. The molecule has 3 aliphatic rings. The average molecular weight is 617 g/mol. The van der Waals surface area contributed by atoms with Crippen molar-refractivity contribution >= 4 is 40.0 Å². The molecule has 4 heterocycles. The van der Waals surface area contributed by atoms with Crippen molar-refractivity contribution in [2.75, 3.05) is 29.4 Å². The van der Waals surface area contributed by atoms with Crippen LogP contribution in [0, 0.1) is 0 Å². The number of ether oxygens (including phenoxy) is 1. The minimum atomic E-state index is -4.96. The molecule has 10 nitrogen and oxygen atoms in total. The van der Waals surface area contributed by atoms with Crippen LogP contribution in [-0.4, -0.2) is 63.2 Å². The SMILES string of the molecule is O=C(NC1(C(=O)O)CCCCC1)c1cnc(N2CCc3cc(OC4CCN(c5nccs5)CC4)ccc32)nc1C(F)(F)F. The number of hydrogen-bond acceptors (Lipinski definition) is 9. The number of rotatable bonds is 7. The number of carboxylic acids is 1. The lowest BCUT2D eigenvalue weighted by Crippen LogP contribution is -2.55. The molecule has 1 aromatic carbocycles. The van der Waals surface area contributed by atoms with Gasteiger partial charge in [0.1, 0.15) is 17.4 Å². The van der Waals surface area contributed by atoms with Crippen molar-refractivity contribution in [2.45, 2.75) is 69.2 Å².